The van der Waals surface area contributed by atoms with E-state index < -0.39 is 0 Å². The molecule has 5 heteroatoms. The van der Waals surface area contributed by atoms with Gasteiger partial charge >= 0.3 is 0 Å². The summed E-state index contributed by atoms with van der Waals surface area (Å²) >= 11 is 0. The second-order valence-electron chi connectivity index (χ2n) is 6.13. The molecule has 2 atom stereocenters. The van der Waals surface area contributed by atoms with Crippen molar-refractivity contribution in [3.63, 3.8) is 0 Å². The molecule has 0 unspecified atom stereocenters. The molecule has 0 amide bonds. The Balaban J connectivity index is 1.93. The largest absolute Gasteiger partial charge is 0.368 e. The zero-order chi connectivity index (χ0) is 15.7. The predicted octanol–water partition coefficient (Wildman–Crippen LogP) is 3.06. The fraction of sp³-hybridized carbons (Fsp3) is 0.471. The molecular weight excluding hydrogens is 274 g/mol. The van der Waals surface area contributed by atoms with Crippen LogP contribution in [0.2, 0.25) is 0 Å². The minimum atomic E-state index is 0.218. The third kappa shape index (κ3) is 2.89. The molecule has 116 valence electrons. The zero-order valence-corrected chi connectivity index (χ0v) is 13.4. The van der Waals surface area contributed by atoms with Crippen LogP contribution in [0.5, 0.6) is 0 Å². The van der Waals surface area contributed by atoms with Crippen molar-refractivity contribution < 1.29 is 0 Å². The van der Waals surface area contributed by atoms with Gasteiger partial charge in [0.25, 0.3) is 0 Å². The normalized spacial score (nSPS) is 20.5. The summed E-state index contributed by atoms with van der Waals surface area (Å²) in [6, 6.07) is 6.90. The van der Waals surface area contributed by atoms with E-state index in [9.17, 15) is 0 Å². The molecule has 3 N–H and O–H groups in total. The lowest BCUT2D eigenvalue weighted by Crippen LogP contribution is -2.26. The third-order valence-corrected chi connectivity index (χ3v) is 4.37. The maximum absolute atomic E-state index is 5.79. The van der Waals surface area contributed by atoms with E-state index in [-0.39, 0.29) is 12.0 Å². The van der Waals surface area contributed by atoms with Crippen LogP contribution in [0.3, 0.4) is 0 Å². The van der Waals surface area contributed by atoms with Gasteiger partial charge in [-0.15, -0.1) is 0 Å². The van der Waals surface area contributed by atoms with Gasteiger partial charge in [-0.1, -0.05) is 37.6 Å². The van der Waals surface area contributed by atoms with Crippen LogP contribution >= 0.6 is 0 Å². The molecular formula is C17H23N5. The Hall–Kier alpha value is -2.17. The van der Waals surface area contributed by atoms with Crippen LogP contribution in [0.4, 0.5) is 11.9 Å². The van der Waals surface area contributed by atoms with Crippen molar-refractivity contribution >= 4 is 11.9 Å². The van der Waals surface area contributed by atoms with Crippen molar-refractivity contribution in [3.05, 3.63) is 40.7 Å². The van der Waals surface area contributed by atoms with E-state index in [0.717, 1.165) is 25.1 Å². The van der Waals surface area contributed by atoms with Gasteiger partial charge < -0.3 is 11.1 Å². The van der Waals surface area contributed by atoms with Crippen LogP contribution in [0.25, 0.3) is 0 Å². The molecule has 0 saturated heterocycles. The minimum absolute atomic E-state index is 0.218. The average Bonchev–Trinajstić information content (AvgIpc) is 2.49. The minimum Gasteiger partial charge on any atom is -0.368 e. The lowest BCUT2D eigenvalue weighted by atomic mass is 9.80. The molecule has 2 aromatic rings. The molecule has 0 spiro atoms. The number of hydrogen-bond acceptors (Lipinski definition) is 5. The highest BCUT2D eigenvalue weighted by Gasteiger charge is 2.27. The summed E-state index contributed by atoms with van der Waals surface area (Å²) in [6.07, 6.45) is 3.04. The van der Waals surface area contributed by atoms with Gasteiger partial charge in [-0.2, -0.15) is 15.0 Å². The summed E-state index contributed by atoms with van der Waals surface area (Å²) in [5, 5.41) is 3.48. The highest BCUT2D eigenvalue weighted by Crippen LogP contribution is 2.36. The number of nitrogens with one attached hydrogen (secondary N) is 1. The van der Waals surface area contributed by atoms with E-state index >= 15 is 0 Å². The predicted molar refractivity (Wildman–Crippen MR) is 88.6 cm³/mol. The van der Waals surface area contributed by atoms with Gasteiger partial charge in [0.15, 0.2) is 0 Å². The van der Waals surface area contributed by atoms with Crippen molar-refractivity contribution in [2.24, 2.45) is 5.92 Å². The van der Waals surface area contributed by atoms with E-state index in [1.807, 2.05) is 6.92 Å². The first kappa shape index (κ1) is 14.8. The number of hydrogen-bond donors (Lipinski definition) is 2. The molecule has 1 aromatic heterocycles. The Morgan fingerprint density at radius 3 is 2.86 bits per heavy atom. The standard InChI is InChI=1S/C17H23N5/c1-4-14-19-16(18)22-17(20-14)21-15-11(3)6-7-12-9-10(2)5-8-13(12)15/h5,8-9,11,15H,4,6-7H2,1-3H3,(H3,18,19,20,21,22)/t11-,15+/m0/s1. The quantitative estimate of drug-likeness (QED) is 0.910. The van der Waals surface area contributed by atoms with Crippen molar-refractivity contribution in [1.29, 1.82) is 0 Å². The van der Waals surface area contributed by atoms with E-state index in [4.69, 9.17) is 5.73 Å². The average molecular weight is 297 g/mol. The lowest BCUT2D eigenvalue weighted by molar-refractivity contribution is 0.432. The van der Waals surface area contributed by atoms with Gasteiger partial charge in [0, 0.05) is 6.42 Å². The molecule has 3 rings (SSSR count). The van der Waals surface area contributed by atoms with Crippen LogP contribution in [0, 0.1) is 12.8 Å². The van der Waals surface area contributed by atoms with E-state index in [1.165, 1.54) is 16.7 Å². The monoisotopic (exact) mass is 297 g/mol. The summed E-state index contributed by atoms with van der Waals surface area (Å²) in [7, 11) is 0. The molecule has 0 radical (unpaired) electrons. The summed E-state index contributed by atoms with van der Waals surface area (Å²) in [5.41, 5.74) is 9.87. The maximum atomic E-state index is 5.79. The summed E-state index contributed by atoms with van der Waals surface area (Å²) in [6.45, 7) is 6.42. The maximum Gasteiger partial charge on any atom is 0.228 e. The number of benzene rings is 1. The molecule has 1 aromatic carbocycles. The number of nitrogen functional groups attached to an aromatic ring is 1. The van der Waals surface area contributed by atoms with Crippen LogP contribution in [0.1, 0.15) is 48.8 Å². The van der Waals surface area contributed by atoms with Gasteiger partial charge in [-0.25, -0.2) is 0 Å². The van der Waals surface area contributed by atoms with Gasteiger partial charge in [-0.05, 0) is 36.8 Å². The molecule has 0 aliphatic heterocycles. The van der Waals surface area contributed by atoms with E-state index in [0.29, 0.717) is 11.9 Å². The topological polar surface area (TPSA) is 76.7 Å². The van der Waals surface area contributed by atoms with E-state index in [1.54, 1.807) is 0 Å². The van der Waals surface area contributed by atoms with Gasteiger partial charge in [0.2, 0.25) is 11.9 Å². The van der Waals surface area contributed by atoms with Crippen LogP contribution in [-0.2, 0) is 12.8 Å². The number of aromatic nitrogens is 3. The van der Waals surface area contributed by atoms with Crippen molar-refractivity contribution in [2.45, 2.75) is 46.1 Å². The molecule has 0 saturated carbocycles. The second kappa shape index (κ2) is 5.91. The number of nitrogens with zero attached hydrogens (tertiary/aromatic N) is 3. The Morgan fingerprint density at radius 1 is 1.27 bits per heavy atom. The Labute approximate surface area is 131 Å². The number of rotatable bonds is 3. The van der Waals surface area contributed by atoms with Crippen molar-refractivity contribution in [2.75, 3.05) is 11.1 Å². The first-order valence-corrected chi connectivity index (χ1v) is 7.93. The third-order valence-electron chi connectivity index (χ3n) is 4.37. The van der Waals surface area contributed by atoms with Crippen LogP contribution < -0.4 is 11.1 Å². The molecule has 22 heavy (non-hydrogen) atoms. The number of fused-ring (bicyclic) bond motifs is 1. The molecule has 1 heterocycles. The zero-order valence-electron chi connectivity index (χ0n) is 13.4. The SMILES string of the molecule is CCc1nc(N)nc(N[C@H]2c3ccc(C)cc3CC[C@@H]2C)n1. The van der Waals surface area contributed by atoms with Gasteiger partial charge in [0.1, 0.15) is 5.82 Å². The Kier molecular flexibility index (Phi) is 3.96. The number of anilines is 2. The molecule has 1 aliphatic carbocycles. The van der Waals surface area contributed by atoms with Crippen LogP contribution in [-0.4, -0.2) is 15.0 Å². The van der Waals surface area contributed by atoms with Crippen LogP contribution in [0.15, 0.2) is 18.2 Å². The summed E-state index contributed by atoms with van der Waals surface area (Å²) in [4.78, 5) is 12.8. The fourth-order valence-electron chi connectivity index (χ4n) is 3.13. The smallest absolute Gasteiger partial charge is 0.228 e. The molecule has 5 nitrogen and oxygen atoms in total. The van der Waals surface area contributed by atoms with Gasteiger partial charge in [0.05, 0.1) is 6.04 Å². The highest BCUT2D eigenvalue weighted by atomic mass is 15.2. The van der Waals surface area contributed by atoms with Crippen molar-refractivity contribution in [1.82, 2.24) is 15.0 Å². The van der Waals surface area contributed by atoms with E-state index in [2.05, 4.69) is 52.3 Å². The first-order chi connectivity index (χ1) is 10.6. The number of nitrogens with two attached hydrogens (primary N) is 1. The summed E-state index contributed by atoms with van der Waals surface area (Å²) < 4.78 is 0. The fourth-order valence-corrected chi connectivity index (χ4v) is 3.13. The number of aryl methyl sites for hydroxylation is 3. The second-order valence-corrected chi connectivity index (χ2v) is 6.13. The molecule has 0 fully saturated rings. The molecule has 1 aliphatic rings. The van der Waals surface area contributed by atoms with Gasteiger partial charge in [-0.3, -0.25) is 0 Å². The lowest BCUT2D eigenvalue weighted by Gasteiger charge is -2.32. The molecule has 0 bridgehead atoms. The Morgan fingerprint density at radius 2 is 2.09 bits per heavy atom. The Bertz CT molecular complexity index is 683. The first-order valence-electron chi connectivity index (χ1n) is 7.93. The van der Waals surface area contributed by atoms with Crippen molar-refractivity contribution in [3.8, 4) is 0 Å². The summed E-state index contributed by atoms with van der Waals surface area (Å²) in [5.74, 6) is 2.11. The highest BCUT2D eigenvalue weighted by molar-refractivity contribution is 5.42.